The van der Waals surface area contributed by atoms with Gasteiger partial charge in [0.1, 0.15) is 0 Å². The number of hydrogen-bond donors (Lipinski definition) is 0. The van der Waals surface area contributed by atoms with Crippen LogP contribution in [-0.2, 0) is 0 Å². The number of nitrogens with zero attached hydrogens (tertiary/aromatic N) is 1. The van der Waals surface area contributed by atoms with Gasteiger partial charge in [-0.2, -0.15) is 0 Å². The van der Waals surface area contributed by atoms with Gasteiger partial charge in [0.2, 0.25) is 0 Å². The fourth-order valence-corrected chi connectivity index (χ4v) is 6.69. The van der Waals surface area contributed by atoms with E-state index in [4.69, 9.17) is 0 Å². The smallest absolute Gasteiger partial charge is 0.0299 e. The van der Waals surface area contributed by atoms with Crippen LogP contribution in [-0.4, -0.2) is 35.0 Å². The van der Waals surface area contributed by atoms with E-state index >= 15 is 0 Å². The molecule has 2 fully saturated rings. The number of piperidine rings is 1. The van der Waals surface area contributed by atoms with Gasteiger partial charge in [-0.3, -0.25) is 4.90 Å². The van der Waals surface area contributed by atoms with Crippen LogP contribution in [0.1, 0.15) is 19.3 Å². The summed E-state index contributed by atoms with van der Waals surface area (Å²) in [6.45, 7) is 2.60. The second-order valence-corrected chi connectivity index (χ2v) is 9.18. The van der Waals surface area contributed by atoms with E-state index in [-0.39, 0.29) is 0 Å². The minimum atomic E-state index is 0.740. The minimum absolute atomic E-state index is 0.740. The van der Waals surface area contributed by atoms with Gasteiger partial charge in [0.15, 0.2) is 0 Å². The van der Waals surface area contributed by atoms with E-state index in [0.717, 1.165) is 17.2 Å². The fourth-order valence-electron chi connectivity index (χ4n) is 4.03. The average Bonchev–Trinajstić information content (AvgIpc) is 2.99. The number of hydrogen-bond acceptors (Lipinski definition) is 3. The number of fused-ring (bicyclic) bond motifs is 1. The Morgan fingerprint density at radius 1 is 0.875 bits per heavy atom. The lowest BCUT2D eigenvalue weighted by Crippen LogP contribution is -2.38. The molecule has 4 rings (SSSR count). The molecule has 0 saturated carbocycles. The molecule has 0 aliphatic carbocycles. The van der Waals surface area contributed by atoms with Crippen LogP contribution in [0.2, 0.25) is 0 Å². The van der Waals surface area contributed by atoms with Crippen molar-refractivity contribution in [3.63, 3.8) is 0 Å². The molecule has 3 atom stereocenters. The van der Waals surface area contributed by atoms with Crippen LogP contribution in [0, 0.1) is 5.92 Å². The van der Waals surface area contributed by atoms with Gasteiger partial charge in [0.05, 0.1) is 0 Å². The predicted octanol–water partition coefficient (Wildman–Crippen LogP) is 5.42. The molecule has 0 N–H and O–H groups in total. The molecule has 2 aromatic rings. The van der Waals surface area contributed by atoms with Crippen LogP contribution >= 0.6 is 23.5 Å². The van der Waals surface area contributed by atoms with E-state index in [0.29, 0.717) is 0 Å². The molecule has 0 aromatic heterocycles. The third-order valence-corrected chi connectivity index (χ3v) is 7.92. The highest BCUT2D eigenvalue weighted by Gasteiger charge is 2.42. The Kier molecular flexibility index (Phi) is 5.51. The van der Waals surface area contributed by atoms with Crippen LogP contribution in [0.4, 0.5) is 0 Å². The largest absolute Gasteiger partial charge is 0.299 e. The van der Waals surface area contributed by atoms with Gasteiger partial charge in [-0.25, -0.2) is 0 Å². The van der Waals surface area contributed by atoms with Gasteiger partial charge in [0.25, 0.3) is 0 Å². The van der Waals surface area contributed by atoms with Crippen LogP contribution in [0.25, 0.3) is 0 Å². The number of thioether (sulfide) groups is 2. The summed E-state index contributed by atoms with van der Waals surface area (Å²) in [5, 5.41) is 0.740. The first-order chi connectivity index (χ1) is 11.9. The molecule has 2 saturated heterocycles. The van der Waals surface area contributed by atoms with Gasteiger partial charge in [-0.1, -0.05) is 42.8 Å². The number of benzene rings is 2. The Bertz CT molecular complexity index is 631. The zero-order valence-corrected chi connectivity index (χ0v) is 15.6. The van der Waals surface area contributed by atoms with E-state index in [2.05, 4.69) is 77.3 Å². The lowest BCUT2D eigenvalue weighted by atomic mass is 10.00. The first kappa shape index (κ1) is 16.6. The zero-order valence-electron chi connectivity index (χ0n) is 14.0. The molecule has 0 spiro atoms. The topological polar surface area (TPSA) is 3.24 Å². The minimum Gasteiger partial charge on any atom is -0.299 e. The monoisotopic (exact) mass is 355 g/mol. The summed E-state index contributed by atoms with van der Waals surface area (Å²) in [5.41, 5.74) is 0. The molecular formula is C21H25NS2. The molecule has 0 radical (unpaired) electrons. The van der Waals surface area contributed by atoms with E-state index in [1.165, 1.54) is 47.9 Å². The number of rotatable bonds is 5. The summed E-state index contributed by atoms with van der Waals surface area (Å²) in [4.78, 5) is 5.62. The Balaban J connectivity index is 1.47. The van der Waals surface area contributed by atoms with Crippen molar-refractivity contribution in [2.75, 3.05) is 18.8 Å². The van der Waals surface area contributed by atoms with Crippen LogP contribution in [0.15, 0.2) is 70.5 Å². The molecule has 126 valence electrons. The van der Waals surface area contributed by atoms with Crippen LogP contribution in [0.3, 0.4) is 0 Å². The van der Waals surface area contributed by atoms with Crippen molar-refractivity contribution < 1.29 is 0 Å². The highest BCUT2D eigenvalue weighted by molar-refractivity contribution is 8.00. The highest BCUT2D eigenvalue weighted by Crippen LogP contribution is 2.43. The Hall–Kier alpha value is -0.900. The molecule has 0 unspecified atom stereocenters. The lowest BCUT2D eigenvalue weighted by molar-refractivity contribution is 0.198. The molecular weight excluding hydrogens is 330 g/mol. The normalized spacial score (nSPS) is 27.1. The first-order valence-corrected chi connectivity index (χ1v) is 10.9. The van der Waals surface area contributed by atoms with Crippen molar-refractivity contribution in [1.82, 2.24) is 4.90 Å². The van der Waals surface area contributed by atoms with Crippen molar-refractivity contribution in [2.24, 2.45) is 5.92 Å². The molecule has 2 aliphatic heterocycles. The van der Waals surface area contributed by atoms with Gasteiger partial charge in [-0.15, -0.1) is 23.5 Å². The van der Waals surface area contributed by atoms with Crippen molar-refractivity contribution in [2.45, 2.75) is 40.3 Å². The average molecular weight is 356 g/mol. The summed E-state index contributed by atoms with van der Waals surface area (Å²) in [6.07, 6.45) is 4.18. The van der Waals surface area contributed by atoms with Gasteiger partial charge in [-0.05, 0) is 49.6 Å². The SMILES string of the molecule is c1ccc(SC[C@H]2CN3CCCC[C@@H]3[C@@H]2Sc2ccccc2)cc1. The van der Waals surface area contributed by atoms with Crippen molar-refractivity contribution >= 4 is 23.5 Å². The van der Waals surface area contributed by atoms with Crippen LogP contribution < -0.4 is 0 Å². The molecule has 0 bridgehead atoms. The third kappa shape index (κ3) is 3.84. The maximum Gasteiger partial charge on any atom is 0.0299 e. The van der Waals surface area contributed by atoms with Gasteiger partial charge < -0.3 is 0 Å². The van der Waals surface area contributed by atoms with Crippen LogP contribution in [0.5, 0.6) is 0 Å². The van der Waals surface area contributed by atoms with Crippen molar-refractivity contribution in [3.8, 4) is 0 Å². The predicted molar refractivity (Wildman–Crippen MR) is 106 cm³/mol. The highest BCUT2D eigenvalue weighted by atomic mass is 32.2. The second kappa shape index (κ2) is 7.99. The van der Waals surface area contributed by atoms with E-state index in [1.54, 1.807) is 0 Å². The maximum absolute atomic E-state index is 2.78. The van der Waals surface area contributed by atoms with Crippen molar-refractivity contribution in [1.29, 1.82) is 0 Å². The summed E-state index contributed by atoms with van der Waals surface area (Å²) in [7, 11) is 0. The first-order valence-electron chi connectivity index (χ1n) is 9.04. The Morgan fingerprint density at radius 2 is 1.58 bits per heavy atom. The Morgan fingerprint density at radius 3 is 2.33 bits per heavy atom. The summed E-state index contributed by atoms with van der Waals surface area (Å²) >= 11 is 4.16. The quantitative estimate of drug-likeness (QED) is 0.659. The standard InChI is InChI=1S/C21H25NS2/c1-3-9-18(10-4-1)23-16-17-15-22-14-8-7-13-20(22)21(17)24-19-11-5-2-6-12-19/h1-6,9-12,17,20-21H,7-8,13-16H2/t17-,20-,21-/m1/s1. The van der Waals surface area contributed by atoms with E-state index < -0.39 is 0 Å². The van der Waals surface area contributed by atoms with E-state index in [1.807, 2.05) is 11.8 Å². The summed E-state index contributed by atoms with van der Waals surface area (Å²) in [6, 6.07) is 22.7. The molecule has 1 nitrogen and oxygen atoms in total. The molecule has 0 amide bonds. The molecule has 2 heterocycles. The second-order valence-electron chi connectivity index (χ2n) is 6.84. The summed E-state index contributed by atoms with van der Waals surface area (Å²) in [5.74, 6) is 2.02. The molecule has 3 heteroatoms. The lowest BCUT2D eigenvalue weighted by Gasteiger charge is -2.32. The Labute approximate surface area is 154 Å². The third-order valence-electron chi connectivity index (χ3n) is 5.20. The molecule has 24 heavy (non-hydrogen) atoms. The fraction of sp³-hybridized carbons (Fsp3) is 0.429. The van der Waals surface area contributed by atoms with Crippen molar-refractivity contribution in [3.05, 3.63) is 60.7 Å². The molecule has 2 aliphatic rings. The van der Waals surface area contributed by atoms with Gasteiger partial charge >= 0.3 is 0 Å². The molecule has 2 aromatic carbocycles. The van der Waals surface area contributed by atoms with E-state index in [9.17, 15) is 0 Å². The summed E-state index contributed by atoms with van der Waals surface area (Å²) < 4.78 is 0. The van der Waals surface area contributed by atoms with Gasteiger partial charge in [0, 0.05) is 33.4 Å². The maximum atomic E-state index is 2.78. The zero-order chi connectivity index (χ0) is 16.2.